The quantitative estimate of drug-likeness (QED) is 0.863. The Bertz CT molecular complexity index is 588. The molecule has 22 heavy (non-hydrogen) atoms. The van der Waals surface area contributed by atoms with Crippen LogP contribution in [0.4, 0.5) is 10.5 Å². The van der Waals surface area contributed by atoms with Gasteiger partial charge < -0.3 is 20.7 Å². The molecule has 0 aromatic heterocycles. The van der Waals surface area contributed by atoms with Gasteiger partial charge in [0.1, 0.15) is 0 Å². The fraction of sp³-hybridized carbons (Fsp3) is 0.500. The number of ether oxygens (including phenoxy) is 1. The van der Waals surface area contributed by atoms with Crippen molar-refractivity contribution < 1.29 is 14.3 Å². The molecule has 3 rings (SSSR count). The molecule has 1 aliphatic heterocycles. The summed E-state index contributed by atoms with van der Waals surface area (Å²) in [5.74, 6) is -0.533. The van der Waals surface area contributed by atoms with Crippen LogP contribution in [0.15, 0.2) is 18.2 Å². The minimum absolute atomic E-state index is 0.200. The highest BCUT2D eigenvalue weighted by Gasteiger charge is 2.28. The highest BCUT2D eigenvalue weighted by atomic mass is 16.5. The zero-order valence-electron chi connectivity index (χ0n) is 12.5. The van der Waals surface area contributed by atoms with Crippen LogP contribution >= 0.6 is 0 Å². The summed E-state index contributed by atoms with van der Waals surface area (Å²) in [6.45, 7) is 0.995. The van der Waals surface area contributed by atoms with Crippen molar-refractivity contribution in [2.24, 2.45) is 5.73 Å². The maximum atomic E-state index is 12.4. The molecule has 1 fully saturated rings. The second-order valence-corrected chi connectivity index (χ2v) is 5.79. The monoisotopic (exact) mass is 303 g/mol. The SMILES string of the molecule is NC(=O)C1CN(C(=O)Nc2cccc3c2CCCC3)CCO1. The number of carbonyl (C=O) groups excluding carboxylic acids is 2. The summed E-state index contributed by atoms with van der Waals surface area (Å²) < 4.78 is 5.26. The molecule has 118 valence electrons. The number of hydrogen-bond acceptors (Lipinski definition) is 3. The molecule has 1 aromatic rings. The zero-order valence-corrected chi connectivity index (χ0v) is 12.5. The Morgan fingerprint density at radius 3 is 2.91 bits per heavy atom. The van der Waals surface area contributed by atoms with Crippen LogP contribution in [0.2, 0.25) is 0 Å². The first-order valence-corrected chi connectivity index (χ1v) is 7.73. The fourth-order valence-electron chi connectivity index (χ4n) is 3.10. The summed E-state index contributed by atoms with van der Waals surface area (Å²) >= 11 is 0. The van der Waals surface area contributed by atoms with Crippen molar-refractivity contribution in [2.45, 2.75) is 31.8 Å². The summed E-state index contributed by atoms with van der Waals surface area (Å²) in [6.07, 6.45) is 3.71. The summed E-state index contributed by atoms with van der Waals surface area (Å²) in [6, 6.07) is 5.84. The minimum atomic E-state index is -0.718. The standard InChI is InChI=1S/C16H21N3O3/c17-15(20)14-10-19(8-9-22-14)16(21)18-13-7-3-5-11-4-1-2-6-12(11)13/h3,5,7,14H,1-2,4,6,8-10H2,(H2,17,20)(H,18,21). The van der Waals surface area contributed by atoms with Gasteiger partial charge in [0.25, 0.3) is 0 Å². The van der Waals surface area contributed by atoms with Crippen molar-refractivity contribution in [1.29, 1.82) is 0 Å². The normalized spacial score (nSPS) is 21.1. The summed E-state index contributed by atoms with van der Waals surface area (Å²) in [5, 5.41) is 2.98. The molecule has 0 saturated carbocycles. The molecule has 1 saturated heterocycles. The van der Waals surface area contributed by atoms with E-state index in [4.69, 9.17) is 10.5 Å². The van der Waals surface area contributed by atoms with E-state index in [1.807, 2.05) is 12.1 Å². The third-order valence-electron chi connectivity index (χ3n) is 4.31. The van der Waals surface area contributed by atoms with Gasteiger partial charge in [-0.25, -0.2) is 4.79 Å². The van der Waals surface area contributed by atoms with Gasteiger partial charge in [-0.3, -0.25) is 4.79 Å². The lowest BCUT2D eigenvalue weighted by Gasteiger charge is -2.31. The van der Waals surface area contributed by atoms with E-state index >= 15 is 0 Å². The topological polar surface area (TPSA) is 84.7 Å². The molecule has 1 aliphatic carbocycles. The number of primary amides is 1. The van der Waals surface area contributed by atoms with Gasteiger partial charge in [0, 0.05) is 12.2 Å². The smallest absolute Gasteiger partial charge is 0.322 e. The highest BCUT2D eigenvalue weighted by Crippen LogP contribution is 2.28. The van der Waals surface area contributed by atoms with Gasteiger partial charge in [-0.15, -0.1) is 0 Å². The van der Waals surface area contributed by atoms with Gasteiger partial charge >= 0.3 is 6.03 Å². The van der Waals surface area contributed by atoms with Crippen LogP contribution < -0.4 is 11.1 Å². The van der Waals surface area contributed by atoms with E-state index in [9.17, 15) is 9.59 Å². The lowest BCUT2D eigenvalue weighted by Crippen LogP contribution is -2.51. The van der Waals surface area contributed by atoms with E-state index in [1.54, 1.807) is 4.90 Å². The highest BCUT2D eigenvalue weighted by molar-refractivity contribution is 5.91. The number of benzene rings is 1. The number of urea groups is 1. The van der Waals surface area contributed by atoms with Gasteiger partial charge in [-0.05, 0) is 42.9 Å². The summed E-state index contributed by atoms with van der Waals surface area (Å²) in [4.78, 5) is 25.2. The van der Waals surface area contributed by atoms with E-state index in [0.717, 1.165) is 24.9 Å². The van der Waals surface area contributed by atoms with E-state index in [-0.39, 0.29) is 12.6 Å². The molecule has 1 unspecified atom stereocenters. The Morgan fingerprint density at radius 1 is 1.27 bits per heavy atom. The van der Waals surface area contributed by atoms with Crippen LogP contribution in [0.3, 0.4) is 0 Å². The molecule has 0 radical (unpaired) electrons. The average molecular weight is 303 g/mol. The zero-order chi connectivity index (χ0) is 15.5. The molecule has 1 atom stereocenters. The van der Waals surface area contributed by atoms with Crippen LogP contribution in [0.1, 0.15) is 24.0 Å². The van der Waals surface area contributed by atoms with Crippen molar-refractivity contribution in [1.82, 2.24) is 4.90 Å². The van der Waals surface area contributed by atoms with Gasteiger partial charge in [0.15, 0.2) is 6.10 Å². The molecule has 6 nitrogen and oxygen atoms in total. The third kappa shape index (κ3) is 3.06. The number of nitrogens with two attached hydrogens (primary N) is 1. The largest absolute Gasteiger partial charge is 0.367 e. The Labute approximate surface area is 129 Å². The number of aryl methyl sites for hydroxylation is 1. The van der Waals surface area contributed by atoms with Crippen LogP contribution in [-0.4, -0.2) is 42.6 Å². The van der Waals surface area contributed by atoms with E-state index in [0.29, 0.717) is 13.2 Å². The fourth-order valence-corrected chi connectivity index (χ4v) is 3.10. The predicted octanol–water partition coefficient (Wildman–Crippen LogP) is 1.28. The Kier molecular flexibility index (Phi) is 4.29. The molecular weight excluding hydrogens is 282 g/mol. The molecule has 0 spiro atoms. The second-order valence-electron chi connectivity index (χ2n) is 5.79. The Balaban J connectivity index is 1.70. The average Bonchev–Trinajstić information content (AvgIpc) is 2.55. The predicted molar refractivity (Wildman–Crippen MR) is 82.6 cm³/mol. The van der Waals surface area contributed by atoms with E-state index < -0.39 is 12.0 Å². The Morgan fingerprint density at radius 2 is 2.09 bits per heavy atom. The maximum Gasteiger partial charge on any atom is 0.322 e. The van der Waals surface area contributed by atoms with Gasteiger partial charge in [-0.1, -0.05) is 12.1 Å². The molecule has 2 aliphatic rings. The summed E-state index contributed by atoms with van der Waals surface area (Å²) in [5.41, 5.74) is 8.69. The minimum Gasteiger partial charge on any atom is -0.367 e. The molecule has 6 heteroatoms. The van der Waals surface area contributed by atoms with E-state index in [2.05, 4.69) is 11.4 Å². The van der Waals surface area contributed by atoms with Gasteiger partial charge in [0.05, 0.1) is 13.2 Å². The Hall–Kier alpha value is -2.08. The van der Waals surface area contributed by atoms with Crippen molar-refractivity contribution in [3.63, 3.8) is 0 Å². The molecule has 1 aromatic carbocycles. The number of amides is 3. The number of nitrogens with one attached hydrogen (secondary N) is 1. The number of morpholine rings is 1. The van der Waals surface area contributed by atoms with Crippen molar-refractivity contribution in [3.8, 4) is 0 Å². The number of nitrogens with zero attached hydrogens (tertiary/aromatic N) is 1. The van der Waals surface area contributed by atoms with Crippen LogP contribution in [0, 0.1) is 0 Å². The van der Waals surface area contributed by atoms with Crippen LogP contribution in [0.25, 0.3) is 0 Å². The summed E-state index contributed by atoms with van der Waals surface area (Å²) in [7, 11) is 0. The molecule has 1 heterocycles. The lowest BCUT2D eigenvalue weighted by atomic mass is 9.90. The molecule has 0 bridgehead atoms. The van der Waals surface area contributed by atoms with Gasteiger partial charge in [0.2, 0.25) is 5.91 Å². The van der Waals surface area contributed by atoms with Gasteiger partial charge in [-0.2, -0.15) is 0 Å². The van der Waals surface area contributed by atoms with Crippen molar-refractivity contribution in [2.75, 3.05) is 25.0 Å². The number of rotatable bonds is 2. The van der Waals surface area contributed by atoms with Crippen LogP contribution in [-0.2, 0) is 22.4 Å². The van der Waals surface area contributed by atoms with Crippen LogP contribution in [0.5, 0.6) is 0 Å². The third-order valence-corrected chi connectivity index (χ3v) is 4.31. The first kappa shape index (κ1) is 14.8. The number of hydrogen-bond donors (Lipinski definition) is 2. The first-order chi connectivity index (χ1) is 10.6. The number of anilines is 1. The lowest BCUT2D eigenvalue weighted by molar-refractivity contribution is -0.133. The van der Waals surface area contributed by atoms with Crippen molar-refractivity contribution in [3.05, 3.63) is 29.3 Å². The van der Waals surface area contributed by atoms with E-state index in [1.165, 1.54) is 17.5 Å². The molecule has 3 N–H and O–H groups in total. The maximum absolute atomic E-state index is 12.4. The number of fused-ring (bicyclic) bond motifs is 1. The number of carbonyl (C=O) groups is 2. The van der Waals surface area contributed by atoms with Crippen molar-refractivity contribution >= 4 is 17.6 Å². The first-order valence-electron chi connectivity index (χ1n) is 7.73. The molecular formula is C16H21N3O3. The second kappa shape index (κ2) is 6.36. The molecule has 3 amide bonds.